The summed E-state index contributed by atoms with van der Waals surface area (Å²) in [6, 6.07) is 12.4. The normalized spacial score (nSPS) is 14.3. The smallest absolute Gasteiger partial charge is 0.255 e. The predicted molar refractivity (Wildman–Crippen MR) is 111 cm³/mol. The topological polar surface area (TPSA) is 78.5 Å². The minimum atomic E-state index is -3.60. The van der Waals surface area contributed by atoms with Gasteiger partial charge in [-0.25, -0.2) is 13.1 Å². The number of benzene rings is 2. The summed E-state index contributed by atoms with van der Waals surface area (Å²) in [6.45, 7) is 2.75. The van der Waals surface area contributed by atoms with Crippen molar-refractivity contribution in [2.75, 3.05) is 26.0 Å². The average molecular weight is 402 g/mol. The molecule has 2 aromatic carbocycles. The molecule has 6 nitrogen and oxygen atoms in total. The van der Waals surface area contributed by atoms with E-state index in [4.69, 9.17) is 0 Å². The molecular weight excluding hydrogens is 374 g/mol. The summed E-state index contributed by atoms with van der Waals surface area (Å²) in [7, 11) is 0.471. The van der Waals surface area contributed by atoms with E-state index in [1.165, 1.54) is 17.7 Å². The monoisotopic (exact) mass is 401 g/mol. The summed E-state index contributed by atoms with van der Waals surface area (Å²) >= 11 is 0. The van der Waals surface area contributed by atoms with Crippen LogP contribution >= 0.6 is 0 Å². The Labute approximate surface area is 167 Å². The van der Waals surface area contributed by atoms with Crippen LogP contribution in [-0.2, 0) is 16.4 Å². The maximum absolute atomic E-state index is 12.7. The van der Waals surface area contributed by atoms with Crippen molar-refractivity contribution in [3.63, 3.8) is 0 Å². The molecule has 0 unspecified atom stereocenters. The van der Waals surface area contributed by atoms with Gasteiger partial charge in [0.05, 0.1) is 4.90 Å². The minimum absolute atomic E-state index is 0.0228. The SMILES string of the molecule is Cc1ccc(S(=O)(=O)NC2CC2)cc1C(=O)Nc1ccc(CCN(C)C)cc1. The van der Waals surface area contributed by atoms with Gasteiger partial charge in [0.25, 0.3) is 5.91 Å². The van der Waals surface area contributed by atoms with Gasteiger partial charge in [-0.15, -0.1) is 0 Å². The Hall–Kier alpha value is -2.22. The molecule has 0 aromatic heterocycles. The zero-order valence-electron chi connectivity index (χ0n) is 16.5. The molecule has 0 saturated heterocycles. The van der Waals surface area contributed by atoms with Crippen LogP contribution in [0.3, 0.4) is 0 Å². The highest BCUT2D eigenvalue weighted by Gasteiger charge is 2.28. The van der Waals surface area contributed by atoms with Gasteiger partial charge in [0.2, 0.25) is 10.0 Å². The summed E-state index contributed by atoms with van der Waals surface area (Å²) < 4.78 is 27.5. The van der Waals surface area contributed by atoms with Crippen LogP contribution in [0.15, 0.2) is 47.4 Å². The van der Waals surface area contributed by atoms with E-state index in [1.54, 1.807) is 13.0 Å². The lowest BCUT2D eigenvalue weighted by atomic mass is 10.1. The van der Waals surface area contributed by atoms with E-state index in [1.807, 2.05) is 38.4 Å². The fourth-order valence-corrected chi connectivity index (χ4v) is 4.14. The van der Waals surface area contributed by atoms with Gasteiger partial charge in [-0.3, -0.25) is 4.79 Å². The summed E-state index contributed by atoms with van der Waals surface area (Å²) in [5, 5.41) is 2.86. The number of hydrogen-bond donors (Lipinski definition) is 2. The second-order valence-corrected chi connectivity index (χ2v) is 9.29. The Kier molecular flexibility index (Phi) is 6.17. The molecule has 0 heterocycles. The summed E-state index contributed by atoms with van der Waals surface area (Å²) in [5.41, 5.74) is 2.96. The quantitative estimate of drug-likeness (QED) is 0.713. The van der Waals surface area contributed by atoms with E-state index in [-0.39, 0.29) is 16.8 Å². The van der Waals surface area contributed by atoms with E-state index >= 15 is 0 Å². The van der Waals surface area contributed by atoms with Gasteiger partial charge in [-0.1, -0.05) is 18.2 Å². The Bertz CT molecular complexity index is 949. The van der Waals surface area contributed by atoms with Crippen molar-refractivity contribution in [3.8, 4) is 0 Å². The molecule has 0 spiro atoms. The second-order valence-electron chi connectivity index (χ2n) is 7.58. The average Bonchev–Trinajstić information content (AvgIpc) is 3.44. The number of anilines is 1. The zero-order chi connectivity index (χ0) is 20.3. The molecule has 0 radical (unpaired) electrons. The number of hydrogen-bond acceptors (Lipinski definition) is 4. The number of nitrogens with zero attached hydrogens (tertiary/aromatic N) is 1. The van der Waals surface area contributed by atoms with E-state index in [9.17, 15) is 13.2 Å². The molecule has 28 heavy (non-hydrogen) atoms. The van der Waals surface area contributed by atoms with Gasteiger partial charge in [0, 0.05) is 23.8 Å². The number of aryl methyl sites for hydroxylation is 1. The van der Waals surface area contributed by atoms with Crippen molar-refractivity contribution in [1.29, 1.82) is 0 Å². The van der Waals surface area contributed by atoms with Gasteiger partial charge in [-0.05, 0) is 75.7 Å². The third kappa shape index (κ3) is 5.41. The largest absolute Gasteiger partial charge is 0.322 e. The minimum Gasteiger partial charge on any atom is -0.322 e. The summed E-state index contributed by atoms with van der Waals surface area (Å²) in [6.07, 6.45) is 2.67. The molecule has 2 N–H and O–H groups in total. The molecule has 1 saturated carbocycles. The van der Waals surface area contributed by atoms with Crippen molar-refractivity contribution >= 4 is 21.6 Å². The molecule has 1 fully saturated rings. The van der Waals surface area contributed by atoms with Crippen LogP contribution in [0.4, 0.5) is 5.69 Å². The molecule has 2 aromatic rings. The number of likely N-dealkylation sites (N-methyl/N-ethyl adjacent to an activating group) is 1. The van der Waals surface area contributed by atoms with Gasteiger partial charge in [0.15, 0.2) is 0 Å². The van der Waals surface area contributed by atoms with Crippen molar-refractivity contribution < 1.29 is 13.2 Å². The molecule has 1 amide bonds. The molecule has 0 aliphatic heterocycles. The van der Waals surface area contributed by atoms with Crippen LogP contribution in [0.1, 0.15) is 34.3 Å². The van der Waals surface area contributed by atoms with E-state index in [0.29, 0.717) is 11.3 Å². The number of sulfonamides is 1. The lowest BCUT2D eigenvalue weighted by Crippen LogP contribution is -2.26. The molecule has 0 bridgehead atoms. The third-order valence-corrected chi connectivity index (χ3v) is 6.24. The maximum atomic E-state index is 12.7. The van der Waals surface area contributed by atoms with Crippen LogP contribution in [0.25, 0.3) is 0 Å². The van der Waals surface area contributed by atoms with Crippen molar-refractivity contribution in [2.24, 2.45) is 0 Å². The first-order valence-corrected chi connectivity index (χ1v) is 10.9. The molecule has 150 valence electrons. The zero-order valence-corrected chi connectivity index (χ0v) is 17.3. The van der Waals surface area contributed by atoms with Crippen LogP contribution in [-0.4, -0.2) is 45.9 Å². The standard InChI is InChI=1S/C21H27N3O3S/c1-15-4-11-19(28(26,27)23-18-9-10-18)14-20(15)21(25)22-17-7-5-16(6-8-17)12-13-24(2)3/h4-8,11,14,18,23H,9-10,12-13H2,1-3H3,(H,22,25). The molecular formula is C21H27N3O3S. The highest BCUT2D eigenvalue weighted by molar-refractivity contribution is 7.89. The van der Waals surface area contributed by atoms with Gasteiger partial charge < -0.3 is 10.2 Å². The van der Waals surface area contributed by atoms with Gasteiger partial charge in [-0.2, -0.15) is 0 Å². The Morgan fingerprint density at radius 3 is 2.39 bits per heavy atom. The fourth-order valence-electron chi connectivity index (χ4n) is 2.81. The fraction of sp³-hybridized carbons (Fsp3) is 0.381. The maximum Gasteiger partial charge on any atom is 0.255 e. The van der Waals surface area contributed by atoms with Gasteiger partial charge in [0.1, 0.15) is 0 Å². The Morgan fingerprint density at radius 2 is 1.79 bits per heavy atom. The summed E-state index contributed by atoms with van der Waals surface area (Å²) in [5.74, 6) is -0.318. The number of amides is 1. The van der Waals surface area contributed by atoms with Crippen molar-refractivity contribution in [2.45, 2.75) is 37.1 Å². The first kappa shape index (κ1) is 20.5. The van der Waals surface area contributed by atoms with Crippen LogP contribution in [0.5, 0.6) is 0 Å². The number of nitrogens with one attached hydrogen (secondary N) is 2. The lowest BCUT2D eigenvalue weighted by molar-refractivity contribution is 0.102. The van der Waals surface area contributed by atoms with Crippen LogP contribution in [0.2, 0.25) is 0 Å². The molecule has 1 aliphatic carbocycles. The Morgan fingerprint density at radius 1 is 1.11 bits per heavy atom. The highest BCUT2D eigenvalue weighted by Crippen LogP contribution is 2.23. The van der Waals surface area contributed by atoms with Crippen LogP contribution in [0, 0.1) is 6.92 Å². The molecule has 0 atom stereocenters. The van der Waals surface area contributed by atoms with Crippen molar-refractivity contribution in [3.05, 3.63) is 59.2 Å². The number of rotatable bonds is 8. The second kappa shape index (κ2) is 8.43. The van der Waals surface area contributed by atoms with E-state index < -0.39 is 10.0 Å². The van der Waals surface area contributed by atoms with E-state index in [2.05, 4.69) is 14.9 Å². The third-order valence-electron chi connectivity index (χ3n) is 4.72. The van der Waals surface area contributed by atoms with Gasteiger partial charge >= 0.3 is 0 Å². The lowest BCUT2D eigenvalue weighted by Gasteiger charge is -2.12. The molecule has 3 rings (SSSR count). The molecule has 7 heteroatoms. The van der Waals surface area contributed by atoms with E-state index in [0.717, 1.165) is 31.4 Å². The summed E-state index contributed by atoms with van der Waals surface area (Å²) in [4.78, 5) is 15.0. The highest BCUT2D eigenvalue weighted by atomic mass is 32.2. The Balaban J connectivity index is 1.72. The number of carbonyl (C=O) groups excluding carboxylic acids is 1. The first-order chi connectivity index (χ1) is 13.2. The van der Waals surface area contributed by atoms with Crippen LogP contribution < -0.4 is 10.0 Å². The van der Waals surface area contributed by atoms with Crippen molar-refractivity contribution in [1.82, 2.24) is 9.62 Å². The number of carbonyl (C=O) groups is 1. The first-order valence-electron chi connectivity index (χ1n) is 9.42. The predicted octanol–water partition coefficient (Wildman–Crippen LogP) is 2.79. The molecule has 1 aliphatic rings.